The summed E-state index contributed by atoms with van der Waals surface area (Å²) in [5, 5.41) is 13.8. The number of fused-ring (bicyclic) bond motifs is 1. The minimum absolute atomic E-state index is 0.0418. The molecule has 1 aromatic carbocycles. The number of nitrogens with zero attached hydrogens (tertiary/aromatic N) is 2. The lowest BCUT2D eigenvalue weighted by Crippen LogP contribution is -2.44. The van der Waals surface area contributed by atoms with Crippen molar-refractivity contribution in [2.75, 3.05) is 0 Å². The molecule has 1 saturated heterocycles. The van der Waals surface area contributed by atoms with Gasteiger partial charge in [0.1, 0.15) is 6.04 Å². The number of hydrogen-bond donors (Lipinski definition) is 3. The highest BCUT2D eigenvalue weighted by Crippen LogP contribution is 2.37. The number of nitrogens with one attached hydrogen (secondary N) is 2. The fourth-order valence-corrected chi connectivity index (χ4v) is 4.75. The number of aryl methyl sites for hydroxylation is 1. The van der Waals surface area contributed by atoms with E-state index in [9.17, 15) is 19.2 Å². The SMILES string of the molecule is Cn1c(=O)n(C2CCC(=O)NC2=O)c2cccc(C3CCC(NC(=O)O)CC3)c21. The molecule has 2 aliphatic rings. The molecule has 4 rings (SSSR count). The van der Waals surface area contributed by atoms with E-state index in [4.69, 9.17) is 5.11 Å². The van der Waals surface area contributed by atoms with Gasteiger partial charge in [0.2, 0.25) is 11.8 Å². The molecule has 154 valence electrons. The van der Waals surface area contributed by atoms with E-state index >= 15 is 0 Å². The number of carbonyl (C=O) groups excluding carboxylic acids is 2. The molecule has 0 bridgehead atoms. The Hall–Kier alpha value is -3.10. The second-order valence-corrected chi connectivity index (χ2v) is 7.89. The maximum atomic E-state index is 13.0. The van der Waals surface area contributed by atoms with Crippen molar-refractivity contribution in [2.45, 2.75) is 56.5 Å². The number of aromatic nitrogens is 2. The summed E-state index contributed by atoms with van der Waals surface area (Å²) < 4.78 is 3.08. The van der Waals surface area contributed by atoms with Crippen molar-refractivity contribution in [3.05, 3.63) is 34.2 Å². The van der Waals surface area contributed by atoms with E-state index in [2.05, 4.69) is 10.6 Å². The van der Waals surface area contributed by atoms with Gasteiger partial charge in [0, 0.05) is 19.5 Å². The van der Waals surface area contributed by atoms with Crippen molar-refractivity contribution in [2.24, 2.45) is 7.05 Å². The number of imidazole rings is 1. The van der Waals surface area contributed by atoms with Crippen molar-refractivity contribution in [1.82, 2.24) is 19.8 Å². The minimum Gasteiger partial charge on any atom is -0.465 e. The first-order valence-corrected chi connectivity index (χ1v) is 9.89. The quantitative estimate of drug-likeness (QED) is 0.676. The molecule has 1 saturated carbocycles. The van der Waals surface area contributed by atoms with Gasteiger partial charge in [-0.3, -0.25) is 24.0 Å². The molecular formula is C20H24N4O5. The van der Waals surface area contributed by atoms with Crippen LogP contribution in [0.25, 0.3) is 11.0 Å². The van der Waals surface area contributed by atoms with Gasteiger partial charge in [-0.15, -0.1) is 0 Å². The Morgan fingerprint density at radius 1 is 1.14 bits per heavy atom. The van der Waals surface area contributed by atoms with E-state index in [-0.39, 0.29) is 30.0 Å². The topological polar surface area (TPSA) is 122 Å². The lowest BCUT2D eigenvalue weighted by molar-refractivity contribution is -0.135. The maximum absolute atomic E-state index is 13.0. The van der Waals surface area contributed by atoms with Crippen molar-refractivity contribution < 1.29 is 19.5 Å². The minimum atomic E-state index is -1.00. The summed E-state index contributed by atoms with van der Waals surface area (Å²) in [5.41, 5.74) is 2.26. The summed E-state index contributed by atoms with van der Waals surface area (Å²) >= 11 is 0. The molecule has 0 radical (unpaired) electrons. The zero-order valence-electron chi connectivity index (χ0n) is 16.2. The van der Waals surface area contributed by atoms with Gasteiger partial charge >= 0.3 is 11.8 Å². The summed E-state index contributed by atoms with van der Waals surface area (Å²) in [6, 6.07) is 4.99. The van der Waals surface area contributed by atoms with Gasteiger partial charge in [-0.25, -0.2) is 9.59 Å². The van der Waals surface area contributed by atoms with Crippen LogP contribution >= 0.6 is 0 Å². The molecule has 1 aromatic heterocycles. The molecule has 9 nitrogen and oxygen atoms in total. The Morgan fingerprint density at radius 2 is 1.86 bits per heavy atom. The molecule has 9 heteroatoms. The van der Waals surface area contributed by atoms with Gasteiger partial charge in [0.05, 0.1) is 11.0 Å². The standard InChI is InChI=1S/C20H24N4O5/c1-23-17-13(11-5-7-12(8-6-11)21-19(27)28)3-2-4-14(17)24(20(23)29)15-9-10-16(25)22-18(15)26/h2-4,11-12,15,21H,5-10H2,1H3,(H,27,28)(H,22,25,26). The Bertz CT molecular complexity index is 1050. The third kappa shape index (κ3) is 3.41. The van der Waals surface area contributed by atoms with E-state index in [1.807, 2.05) is 18.2 Å². The van der Waals surface area contributed by atoms with E-state index in [1.165, 1.54) is 4.57 Å². The third-order valence-corrected chi connectivity index (χ3v) is 6.15. The molecule has 2 aromatic rings. The molecule has 2 heterocycles. The van der Waals surface area contributed by atoms with E-state index in [0.29, 0.717) is 11.9 Å². The predicted octanol–water partition coefficient (Wildman–Crippen LogP) is 1.61. The molecule has 1 aliphatic heterocycles. The number of benzene rings is 1. The number of rotatable bonds is 3. The molecule has 3 amide bonds. The summed E-state index contributed by atoms with van der Waals surface area (Å²) in [4.78, 5) is 47.7. The number of carboxylic acid groups (broad SMARTS) is 1. The molecule has 3 N–H and O–H groups in total. The number of para-hydroxylation sites is 1. The zero-order chi connectivity index (χ0) is 20.7. The first kappa shape index (κ1) is 19.2. The highest BCUT2D eigenvalue weighted by atomic mass is 16.4. The monoisotopic (exact) mass is 400 g/mol. The molecule has 29 heavy (non-hydrogen) atoms. The average Bonchev–Trinajstić information content (AvgIpc) is 2.93. The highest BCUT2D eigenvalue weighted by molar-refractivity contribution is 6.00. The number of piperidine rings is 1. The van der Waals surface area contributed by atoms with Gasteiger partial charge in [0.25, 0.3) is 0 Å². The summed E-state index contributed by atoms with van der Waals surface area (Å²) in [7, 11) is 1.70. The fourth-order valence-electron chi connectivity index (χ4n) is 4.75. The Labute approximate surface area is 166 Å². The third-order valence-electron chi connectivity index (χ3n) is 6.15. The van der Waals surface area contributed by atoms with Crippen molar-refractivity contribution >= 4 is 28.9 Å². The van der Waals surface area contributed by atoms with Crippen LogP contribution in [-0.2, 0) is 16.6 Å². The van der Waals surface area contributed by atoms with Crippen molar-refractivity contribution in [3.63, 3.8) is 0 Å². The first-order valence-electron chi connectivity index (χ1n) is 9.89. The van der Waals surface area contributed by atoms with Crippen LogP contribution in [0.4, 0.5) is 4.79 Å². The summed E-state index contributed by atoms with van der Waals surface area (Å²) in [6.45, 7) is 0. The zero-order valence-corrected chi connectivity index (χ0v) is 16.2. The van der Waals surface area contributed by atoms with Crippen LogP contribution in [0.5, 0.6) is 0 Å². The second-order valence-electron chi connectivity index (χ2n) is 7.89. The van der Waals surface area contributed by atoms with Gasteiger partial charge in [-0.05, 0) is 49.7 Å². The van der Waals surface area contributed by atoms with Gasteiger partial charge in [-0.1, -0.05) is 12.1 Å². The van der Waals surface area contributed by atoms with Gasteiger partial charge in [-0.2, -0.15) is 0 Å². The van der Waals surface area contributed by atoms with E-state index in [0.717, 1.165) is 36.8 Å². The van der Waals surface area contributed by atoms with Crippen LogP contribution in [0.3, 0.4) is 0 Å². The van der Waals surface area contributed by atoms with Crippen molar-refractivity contribution in [3.8, 4) is 0 Å². The van der Waals surface area contributed by atoms with Crippen LogP contribution in [0.2, 0.25) is 0 Å². The van der Waals surface area contributed by atoms with Gasteiger partial charge in [0.15, 0.2) is 0 Å². The maximum Gasteiger partial charge on any atom is 0.404 e. The largest absolute Gasteiger partial charge is 0.465 e. The summed E-state index contributed by atoms with van der Waals surface area (Å²) in [6.07, 6.45) is 2.65. The van der Waals surface area contributed by atoms with Crippen LogP contribution < -0.4 is 16.3 Å². The molecular weight excluding hydrogens is 376 g/mol. The van der Waals surface area contributed by atoms with E-state index in [1.54, 1.807) is 11.6 Å². The van der Waals surface area contributed by atoms with Crippen LogP contribution in [0.1, 0.15) is 56.0 Å². The van der Waals surface area contributed by atoms with Crippen LogP contribution in [0, 0.1) is 0 Å². The Morgan fingerprint density at radius 3 is 2.52 bits per heavy atom. The molecule has 1 atom stereocenters. The lowest BCUT2D eigenvalue weighted by Gasteiger charge is -2.29. The normalized spacial score (nSPS) is 25.1. The van der Waals surface area contributed by atoms with Gasteiger partial charge < -0.3 is 10.4 Å². The second kappa shape index (κ2) is 7.38. The number of hydrogen-bond acceptors (Lipinski definition) is 4. The molecule has 1 aliphatic carbocycles. The van der Waals surface area contributed by atoms with Crippen molar-refractivity contribution in [1.29, 1.82) is 0 Å². The summed E-state index contributed by atoms with van der Waals surface area (Å²) in [5.74, 6) is -0.540. The van der Waals surface area contributed by atoms with Crippen LogP contribution in [-0.4, -0.2) is 38.2 Å². The Balaban J connectivity index is 1.70. The molecule has 2 fully saturated rings. The number of carbonyl (C=O) groups is 3. The smallest absolute Gasteiger partial charge is 0.404 e. The predicted molar refractivity (Wildman–Crippen MR) is 105 cm³/mol. The fraction of sp³-hybridized carbons (Fsp3) is 0.500. The van der Waals surface area contributed by atoms with E-state index < -0.39 is 18.0 Å². The van der Waals surface area contributed by atoms with Crippen LogP contribution in [0.15, 0.2) is 23.0 Å². The lowest BCUT2D eigenvalue weighted by atomic mass is 9.81. The number of amides is 3. The average molecular weight is 400 g/mol. The molecule has 1 unspecified atom stereocenters. The number of imide groups is 1. The Kier molecular flexibility index (Phi) is 4.89. The first-order chi connectivity index (χ1) is 13.9. The molecule has 0 spiro atoms. The highest BCUT2D eigenvalue weighted by Gasteiger charge is 2.32.